The van der Waals surface area contributed by atoms with Crippen molar-refractivity contribution in [2.24, 2.45) is 5.92 Å². The number of nitrogens with one attached hydrogen (secondary N) is 2. The van der Waals surface area contributed by atoms with Crippen molar-refractivity contribution >= 4 is 11.9 Å². The molecule has 98 valence electrons. The highest BCUT2D eigenvalue weighted by atomic mass is 16.4. The van der Waals surface area contributed by atoms with Crippen LogP contribution in [0.2, 0.25) is 0 Å². The molecule has 0 saturated heterocycles. The molecule has 1 heterocycles. The molecule has 0 aromatic carbocycles. The number of rotatable bonds is 6. The summed E-state index contributed by atoms with van der Waals surface area (Å²) in [7, 11) is 0. The number of carbonyl (C=O) groups excluding carboxylic acids is 1. The first-order valence-corrected chi connectivity index (χ1v) is 5.71. The van der Waals surface area contributed by atoms with Crippen LogP contribution in [0.25, 0.3) is 0 Å². The SMILES string of the molecule is CCC(CNC(=O)c1cc[nH]c(=O)c1)CC(=O)O. The Morgan fingerprint density at radius 3 is 2.78 bits per heavy atom. The van der Waals surface area contributed by atoms with Crippen molar-refractivity contribution in [3.63, 3.8) is 0 Å². The van der Waals surface area contributed by atoms with E-state index in [0.29, 0.717) is 6.42 Å². The predicted molar refractivity (Wildman–Crippen MR) is 65.4 cm³/mol. The highest BCUT2D eigenvalue weighted by molar-refractivity contribution is 5.93. The smallest absolute Gasteiger partial charge is 0.303 e. The molecule has 1 aromatic heterocycles. The minimum absolute atomic E-state index is 0.0200. The highest BCUT2D eigenvalue weighted by Gasteiger charge is 2.13. The number of aromatic amines is 1. The number of carboxylic acids is 1. The van der Waals surface area contributed by atoms with Crippen molar-refractivity contribution in [1.29, 1.82) is 0 Å². The standard InChI is InChI=1S/C12H16N2O4/c1-2-8(5-11(16)17)7-14-12(18)9-3-4-13-10(15)6-9/h3-4,6,8H,2,5,7H2,1H3,(H,13,15)(H,14,18)(H,16,17). The zero-order valence-corrected chi connectivity index (χ0v) is 10.1. The summed E-state index contributed by atoms with van der Waals surface area (Å²) in [5.74, 6) is -1.36. The van der Waals surface area contributed by atoms with Crippen LogP contribution in [0.3, 0.4) is 0 Å². The molecule has 1 unspecified atom stereocenters. The number of aliphatic carboxylic acids is 1. The molecule has 1 amide bonds. The highest BCUT2D eigenvalue weighted by Crippen LogP contribution is 2.06. The van der Waals surface area contributed by atoms with Gasteiger partial charge in [-0.2, -0.15) is 0 Å². The first-order valence-electron chi connectivity index (χ1n) is 5.71. The molecule has 0 radical (unpaired) electrons. The molecular formula is C12H16N2O4. The average molecular weight is 252 g/mol. The van der Waals surface area contributed by atoms with E-state index >= 15 is 0 Å². The number of pyridine rings is 1. The summed E-state index contributed by atoms with van der Waals surface area (Å²) in [6.45, 7) is 2.15. The van der Waals surface area contributed by atoms with Gasteiger partial charge in [-0.05, 0) is 12.0 Å². The Hall–Kier alpha value is -2.11. The van der Waals surface area contributed by atoms with Crippen LogP contribution in [-0.2, 0) is 4.79 Å². The quantitative estimate of drug-likeness (QED) is 0.690. The van der Waals surface area contributed by atoms with Gasteiger partial charge in [0.2, 0.25) is 5.56 Å². The number of carbonyl (C=O) groups is 2. The van der Waals surface area contributed by atoms with Crippen LogP contribution < -0.4 is 10.9 Å². The Labute approximate surface area is 104 Å². The molecule has 0 saturated carbocycles. The van der Waals surface area contributed by atoms with Gasteiger partial charge >= 0.3 is 5.97 Å². The van der Waals surface area contributed by atoms with E-state index in [4.69, 9.17) is 5.11 Å². The van der Waals surface area contributed by atoms with E-state index in [1.54, 1.807) is 0 Å². The van der Waals surface area contributed by atoms with Crippen molar-refractivity contribution in [3.8, 4) is 0 Å². The van der Waals surface area contributed by atoms with E-state index in [9.17, 15) is 14.4 Å². The van der Waals surface area contributed by atoms with Crippen LogP contribution in [0.15, 0.2) is 23.1 Å². The lowest BCUT2D eigenvalue weighted by molar-refractivity contribution is -0.138. The Balaban J connectivity index is 2.55. The van der Waals surface area contributed by atoms with E-state index in [-0.39, 0.29) is 35.9 Å². The van der Waals surface area contributed by atoms with E-state index in [1.165, 1.54) is 18.3 Å². The Bertz CT molecular complexity index is 481. The lowest BCUT2D eigenvalue weighted by Crippen LogP contribution is -2.30. The van der Waals surface area contributed by atoms with Crippen molar-refractivity contribution in [3.05, 3.63) is 34.2 Å². The van der Waals surface area contributed by atoms with Crippen LogP contribution in [0.1, 0.15) is 30.1 Å². The maximum atomic E-state index is 11.7. The molecule has 1 rings (SSSR count). The third-order valence-corrected chi connectivity index (χ3v) is 2.63. The molecule has 0 aliphatic heterocycles. The zero-order chi connectivity index (χ0) is 13.5. The summed E-state index contributed by atoms with van der Waals surface area (Å²) in [4.78, 5) is 35.7. The largest absolute Gasteiger partial charge is 0.481 e. The second-order valence-electron chi connectivity index (χ2n) is 4.02. The Morgan fingerprint density at radius 1 is 1.50 bits per heavy atom. The molecular weight excluding hydrogens is 236 g/mol. The van der Waals surface area contributed by atoms with Gasteiger partial charge in [-0.1, -0.05) is 13.3 Å². The number of hydrogen-bond donors (Lipinski definition) is 3. The van der Waals surface area contributed by atoms with Crippen molar-refractivity contribution in [2.45, 2.75) is 19.8 Å². The molecule has 0 aliphatic carbocycles. The van der Waals surface area contributed by atoms with Gasteiger partial charge in [-0.3, -0.25) is 14.4 Å². The van der Waals surface area contributed by atoms with Crippen LogP contribution in [0.4, 0.5) is 0 Å². The van der Waals surface area contributed by atoms with Gasteiger partial charge in [-0.25, -0.2) is 0 Å². The molecule has 0 aliphatic rings. The predicted octanol–water partition coefficient (Wildman–Crippen LogP) is 0.606. The monoisotopic (exact) mass is 252 g/mol. The third kappa shape index (κ3) is 4.40. The van der Waals surface area contributed by atoms with Gasteiger partial charge in [0.05, 0.1) is 0 Å². The molecule has 1 atom stereocenters. The van der Waals surface area contributed by atoms with E-state index in [0.717, 1.165) is 0 Å². The van der Waals surface area contributed by atoms with E-state index in [1.807, 2.05) is 6.92 Å². The van der Waals surface area contributed by atoms with Crippen molar-refractivity contribution < 1.29 is 14.7 Å². The second-order valence-corrected chi connectivity index (χ2v) is 4.02. The molecule has 0 spiro atoms. The Kier molecular flexibility index (Phi) is 5.10. The fourth-order valence-electron chi connectivity index (χ4n) is 1.53. The summed E-state index contributed by atoms with van der Waals surface area (Å²) >= 11 is 0. The molecule has 0 bridgehead atoms. The summed E-state index contributed by atoms with van der Waals surface area (Å²) in [6, 6.07) is 2.70. The van der Waals surface area contributed by atoms with Gasteiger partial charge in [0.25, 0.3) is 5.91 Å². The van der Waals surface area contributed by atoms with Crippen LogP contribution in [0.5, 0.6) is 0 Å². The average Bonchev–Trinajstić information content (AvgIpc) is 2.33. The van der Waals surface area contributed by atoms with Crippen molar-refractivity contribution in [1.82, 2.24) is 10.3 Å². The lowest BCUT2D eigenvalue weighted by atomic mass is 10.0. The number of carboxylic acid groups (broad SMARTS) is 1. The second kappa shape index (κ2) is 6.58. The zero-order valence-electron chi connectivity index (χ0n) is 10.1. The normalized spacial score (nSPS) is 11.8. The Morgan fingerprint density at radius 2 is 2.22 bits per heavy atom. The van der Waals surface area contributed by atoms with Gasteiger partial charge in [-0.15, -0.1) is 0 Å². The molecule has 6 nitrogen and oxygen atoms in total. The minimum Gasteiger partial charge on any atom is -0.481 e. The molecule has 18 heavy (non-hydrogen) atoms. The first-order chi connectivity index (χ1) is 8.52. The number of amides is 1. The van der Waals surface area contributed by atoms with E-state index in [2.05, 4.69) is 10.3 Å². The van der Waals surface area contributed by atoms with Crippen molar-refractivity contribution in [2.75, 3.05) is 6.54 Å². The van der Waals surface area contributed by atoms with Crippen LogP contribution in [0, 0.1) is 5.92 Å². The van der Waals surface area contributed by atoms with Gasteiger partial charge in [0.1, 0.15) is 0 Å². The fraction of sp³-hybridized carbons (Fsp3) is 0.417. The maximum absolute atomic E-state index is 11.7. The van der Waals surface area contributed by atoms with Crippen LogP contribution in [-0.4, -0.2) is 28.5 Å². The molecule has 1 aromatic rings. The number of H-pyrrole nitrogens is 1. The molecule has 3 N–H and O–H groups in total. The fourth-order valence-corrected chi connectivity index (χ4v) is 1.53. The maximum Gasteiger partial charge on any atom is 0.303 e. The number of aromatic nitrogens is 1. The topological polar surface area (TPSA) is 99.3 Å². The first kappa shape index (κ1) is 14.0. The summed E-state index contributed by atoms with van der Waals surface area (Å²) in [5, 5.41) is 11.3. The van der Waals surface area contributed by atoms with Crippen LogP contribution >= 0.6 is 0 Å². The van der Waals surface area contributed by atoms with Gasteiger partial charge in [0.15, 0.2) is 0 Å². The third-order valence-electron chi connectivity index (χ3n) is 2.63. The summed E-state index contributed by atoms with van der Waals surface area (Å²) < 4.78 is 0. The minimum atomic E-state index is -0.882. The lowest BCUT2D eigenvalue weighted by Gasteiger charge is -2.13. The van der Waals surface area contributed by atoms with E-state index < -0.39 is 5.97 Å². The number of hydrogen-bond acceptors (Lipinski definition) is 3. The molecule has 6 heteroatoms. The van der Waals surface area contributed by atoms with Gasteiger partial charge < -0.3 is 15.4 Å². The summed E-state index contributed by atoms with van der Waals surface area (Å²) in [5.41, 5.74) is -0.0795. The summed E-state index contributed by atoms with van der Waals surface area (Å²) in [6.07, 6.45) is 2.08. The van der Waals surface area contributed by atoms with Gasteiger partial charge in [0, 0.05) is 30.8 Å². The molecule has 0 fully saturated rings.